The van der Waals surface area contributed by atoms with Gasteiger partial charge in [-0.15, -0.1) is 0 Å². The Bertz CT molecular complexity index is 949. The van der Waals surface area contributed by atoms with Crippen LogP contribution in [-0.2, 0) is 6.42 Å². The number of hydrogen-bond donors (Lipinski definition) is 0. The zero-order valence-corrected chi connectivity index (χ0v) is 15.4. The van der Waals surface area contributed by atoms with Crippen molar-refractivity contribution in [1.29, 1.82) is 0 Å². The highest BCUT2D eigenvalue weighted by atomic mass is 16.5. The molecule has 1 fully saturated rings. The summed E-state index contributed by atoms with van der Waals surface area (Å²) in [6.07, 6.45) is 2.69. The standard InChI is InChI=1S/C20H23N3O3/c1-12-4-5-16-13(2)19(25-17(16)10-12)20(24)23-8-6-15(7-9-23)11-18-21-14(3)26-22-18/h4-5,10,15H,6-9,11H2,1-3H3. The summed E-state index contributed by atoms with van der Waals surface area (Å²) in [6.45, 7) is 7.25. The Morgan fingerprint density at radius 2 is 2.00 bits per heavy atom. The minimum Gasteiger partial charge on any atom is -0.451 e. The first kappa shape index (κ1) is 16.8. The maximum atomic E-state index is 12.9. The second-order valence-electron chi connectivity index (χ2n) is 7.23. The Morgan fingerprint density at radius 1 is 1.23 bits per heavy atom. The Kier molecular flexibility index (Phi) is 4.26. The van der Waals surface area contributed by atoms with E-state index in [2.05, 4.69) is 10.1 Å². The van der Waals surface area contributed by atoms with Crippen molar-refractivity contribution >= 4 is 16.9 Å². The van der Waals surface area contributed by atoms with Crippen LogP contribution in [0.2, 0.25) is 0 Å². The summed E-state index contributed by atoms with van der Waals surface area (Å²) in [7, 11) is 0. The summed E-state index contributed by atoms with van der Waals surface area (Å²) in [5, 5.41) is 4.99. The largest absolute Gasteiger partial charge is 0.451 e. The molecular weight excluding hydrogens is 330 g/mol. The second kappa shape index (κ2) is 6.59. The van der Waals surface area contributed by atoms with Crippen molar-refractivity contribution in [2.75, 3.05) is 13.1 Å². The number of aryl methyl sites for hydroxylation is 3. The quantitative estimate of drug-likeness (QED) is 0.715. The van der Waals surface area contributed by atoms with Gasteiger partial charge in [-0.2, -0.15) is 4.98 Å². The third kappa shape index (κ3) is 3.11. The number of aromatic nitrogens is 2. The predicted octanol–water partition coefficient (Wildman–Crippen LogP) is 3.84. The van der Waals surface area contributed by atoms with Gasteiger partial charge < -0.3 is 13.8 Å². The molecule has 0 unspecified atom stereocenters. The van der Waals surface area contributed by atoms with Crippen LogP contribution >= 0.6 is 0 Å². The molecule has 1 saturated heterocycles. The zero-order chi connectivity index (χ0) is 18.3. The predicted molar refractivity (Wildman–Crippen MR) is 97.1 cm³/mol. The highest BCUT2D eigenvalue weighted by Gasteiger charge is 2.28. The molecule has 0 N–H and O–H groups in total. The summed E-state index contributed by atoms with van der Waals surface area (Å²) in [5.41, 5.74) is 2.84. The molecule has 0 aliphatic carbocycles. The Balaban J connectivity index is 1.44. The van der Waals surface area contributed by atoms with Gasteiger partial charge in [-0.05, 0) is 44.2 Å². The lowest BCUT2D eigenvalue weighted by Crippen LogP contribution is -2.39. The number of carbonyl (C=O) groups is 1. The summed E-state index contributed by atoms with van der Waals surface area (Å²) in [5.74, 6) is 2.30. The highest BCUT2D eigenvalue weighted by Crippen LogP contribution is 2.29. The SMILES string of the molecule is Cc1ccc2c(C)c(C(=O)N3CCC(Cc4noc(C)n4)CC3)oc2c1. The van der Waals surface area contributed by atoms with Gasteiger partial charge in [0.1, 0.15) is 5.58 Å². The van der Waals surface area contributed by atoms with Crippen LogP contribution in [0.4, 0.5) is 0 Å². The number of benzene rings is 1. The third-order valence-electron chi connectivity index (χ3n) is 5.23. The molecule has 3 aromatic rings. The summed E-state index contributed by atoms with van der Waals surface area (Å²) in [6, 6.07) is 6.06. The van der Waals surface area contributed by atoms with Crippen molar-refractivity contribution in [2.24, 2.45) is 5.92 Å². The summed E-state index contributed by atoms with van der Waals surface area (Å²) >= 11 is 0. The zero-order valence-electron chi connectivity index (χ0n) is 15.4. The lowest BCUT2D eigenvalue weighted by molar-refractivity contribution is 0.0659. The van der Waals surface area contributed by atoms with Crippen LogP contribution in [-0.4, -0.2) is 34.0 Å². The molecule has 0 spiro atoms. The molecule has 3 heterocycles. The first-order valence-corrected chi connectivity index (χ1v) is 9.09. The van der Waals surface area contributed by atoms with Crippen molar-refractivity contribution in [1.82, 2.24) is 15.0 Å². The molecule has 6 heteroatoms. The van der Waals surface area contributed by atoms with E-state index in [1.165, 1.54) is 0 Å². The van der Waals surface area contributed by atoms with E-state index < -0.39 is 0 Å². The topological polar surface area (TPSA) is 72.4 Å². The Morgan fingerprint density at radius 3 is 2.69 bits per heavy atom. The van der Waals surface area contributed by atoms with E-state index in [1.807, 2.05) is 36.9 Å². The summed E-state index contributed by atoms with van der Waals surface area (Å²) in [4.78, 5) is 19.1. The second-order valence-corrected chi connectivity index (χ2v) is 7.23. The average Bonchev–Trinajstić information content (AvgIpc) is 3.18. The van der Waals surface area contributed by atoms with Crippen LogP contribution in [0, 0.1) is 26.7 Å². The molecule has 1 aromatic carbocycles. The van der Waals surface area contributed by atoms with Gasteiger partial charge >= 0.3 is 0 Å². The molecule has 0 radical (unpaired) electrons. The van der Waals surface area contributed by atoms with Gasteiger partial charge in [0.2, 0.25) is 5.89 Å². The average molecular weight is 353 g/mol. The number of hydrogen-bond acceptors (Lipinski definition) is 5. The molecule has 0 atom stereocenters. The first-order valence-electron chi connectivity index (χ1n) is 9.09. The van der Waals surface area contributed by atoms with Gasteiger partial charge in [0.25, 0.3) is 5.91 Å². The van der Waals surface area contributed by atoms with Gasteiger partial charge in [-0.1, -0.05) is 17.3 Å². The van der Waals surface area contributed by atoms with Crippen LogP contribution in [0.5, 0.6) is 0 Å². The van der Waals surface area contributed by atoms with Gasteiger partial charge in [-0.25, -0.2) is 0 Å². The highest BCUT2D eigenvalue weighted by molar-refractivity contribution is 5.99. The van der Waals surface area contributed by atoms with E-state index in [4.69, 9.17) is 8.94 Å². The number of likely N-dealkylation sites (tertiary alicyclic amines) is 1. The third-order valence-corrected chi connectivity index (χ3v) is 5.23. The molecule has 4 rings (SSSR count). The number of furan rings is 1. The normalized spacial score (nSPS) is 15.7. The maximum absolute atomic E-state index is 12.9. The van der Waals surface area contributed by atoms with E-state index >= 15 is 0 Å². The number of fused-ring (bicyclic) bond motifs is 1. The molecule has 136 valence electrons. The number of rotatable bonds is 3. The molecule has 1 aliphatic rings. The minimum absolute atomic E-state index is 0.00907. The van der Waals surface area contributed by atoms with Gasteiger partial charge in [0.05, 0.1) is 0 Å². The van der Waals surface area contributed by atoms with Crippen molar-refractivity contribution in [3.8, 4) is 0 Å². The van der Waals surface area contributed by atoms with E-state index in [1.54, 1.807) is 6.92 Å². The lowest BCUT2D eigenvalue weighted by atomic mass is 9.93. The van der Waals surface area contributed by atoms with E-state index in [0.29, 0.717) is 17.6 Å². The number of piperidine rings is 1. The molecule has 0 bridgehead atoms. The van der Waals surface area contributed by atoms with Crippen LogP contribution in [0.15, 0.2) is 27.1 Å². The van der Waals surface area contributed by atoms with Crippen LogP contribution in [0.3, 0.4) is 0 Å². The lowest BCUT2D eigenvalue weighted by Gasteiger charge is -2.31. The fraction of sp³-hybridized carbons (Fsp3) is 0.450. The van der Waals surface area contributed by atoms with Crippen molar-refractivity contribution in [3.05, 3.63) is 46.8 Å². The smallest absolute Gasteiger partial charge is 0.289 e. The summed E-state index contributed by atoms with van der Waals surface area (Å²) < 4.78 is 10.9. The molecule has 6 nitrogen and oxygen atoms in total. The molecule has 26 heavy (non-hydrogen) atoms. The number of nitrogens with zero attached hydrogens (tertiary/aromatic N) is 3. The van der Waals surface area contributed by atoms with Crippen LogP contribution < -0.4 is 0 Å². The van der Waals surface area contributed by atoms with E-state index in [0.717, 1.165) is 60.3 Å². The molecule has 1 amide bonds. The van der Waals surface area contributed by atoms with Crippen LogP contribution in [0.25, 0.3) is 11.0 Å². The Hall–Kier alpha value is -2.63. The fourth-order valence-electron chi connectivity index (χ4n) is 3.70. The molecular formula is C20H23N3O3. The monoisotopic (exact) mass is 353 g/mol. The minimum atomic E-state index is -0.00907. The van der Waals surface area contributed by atoms with Crippen molar-refractivity contribution < 1.29 is 13.7 Å². The van der Waals surface area contributed by atoms with Crippen LogP contribution in [0.1, 0.15) is 46.2 Å². The van der Waals surface area contributed by atoms with Gasteiger partial charge in [0, 0.05) is 37.4 Å². The fourth-order valence-corrected chi connectivity index (χ4v) is 3.70. The number of amides is 1. The Labute approximate surface area is 152 Å². The van der Waals surface area contributed by atoms with Crippen molar-refractivity contribution in [3.63, 3.8) is 0 Å². The molecule has 2 aromatic heterocycles. The van der Waals surface area contributed by atoms with Crippen molar-refractivity contribution in [2.45, 2.75) is 40.0 Å². The molecule has 1 aliphatic heterocycles. The first-order chi connectivity index (χ1) is 12.5. The van der Waals surface area contributed by atoms with E-state index in [9.17, 15) is 4.79 Å². The van der Waals surface area contributed by atoms with Gasteiger partial charge in [0.15, 0.2) is 11.6 Å². The number of carbonyl (C=O) groups excluding carboxylic acids is 1. The van der Waals surface area contributed by atoms with E-state index in [-0.39, 0.29) is 5.91 Å². The maximum Gasteiger partial charge on any atom is 0.289 e. The molecule has 0 saturated carbocycles. The van der Waals surface area contributed by atoms with Gasteiger partial charge in [-0.3, -0.25) is 4.79 Å².